The number of anilines is 1. The number of ether oxygens (including phenoxy) is 1. The fourth-order valence-corrected chi connectivity index (χ4v) is 4.08. The van der Waals surface area contributed by atoms with Crippen molar-refractivity contribution in [1.29, 1.82) is 0 Å². The molecule has 1 aromatic heterocycles. The van der Waals surface area contributed by atoms with Crippen LogP contribution in [-0.2, 0) is 4.74 Å². The zero-order valence-corrected chi connectivity index (χ0v) is 16.7. The molecule has 7 nitrogen and oxygen atoms in total. The lowest BCUT2D eigenvalue weighted by molar-refractivity contribution is 0.0955. The second-order valence-electron chi connectivity index (χ2n) is 8.26. The van der Waals surface area contributed by atoms with Gasteiger partial charge in [-0.1, -0.05) is 20.8 Å². The molecule has 3 unspecified atom stereocenters. The lowest BCUT2D eigenvalue weighted by Gasteiger charge is -2.45. The van der Waals surface area contributed by atoms with E-state index in [0.29, 0.717) is 25.5 Å². The van der Waals surface area contributed by atoms with E-state index in [4.69, 9.17) is 16.3 Å². The number of hydrogen-bond donors (Lipinski definition) is 1. The number of hydrogen-bond acceptors (Lipinski definition) is 5. The number of morpholine rings is 1. The molecular weight excluding hydrogens is 356 g/mol. The van der Waals surface area contributed by atoms with Crippen LogP contribution in [0.25, 0.3) is 0 Å². The number of carbonyl (C=O) groups is 1. The van der Waals surface area contributed by atoms with Crippen LogP contribution >= 0.6 is 11.6 Å². The van der Waals surface area contributed by atoms with E-state index in [0.717, 1.165) is 17.9 Å². The minimum Gasteiger partial charge on any atom is -0.465 e. The summed E-state index contributed by atoms with van der Waals surface area (Å²) in [6.07, 6.45) is -0.937. The third kappa shape index (κ3) is 3.34. The molecule has 0 radical (unpaired) electrons. The lowest BCUT2D eigenvalue weighted by atomic mass is 9.73. The Morgan fingerprint density at radius 1 is 1.31 bits per heavy atom. The van der Waals surface area contributed by atoms with Crippen LogP contribution in [0, 0.1) is 5.41 Å². The highest BCUT2D eigenvalue weighted by molar-refractivity contribution is 6.28. The van der Waals surface area contributed by atoms with Gasteiger partial charge in [0, 0.05) is 24.6 Å². The molecule has 0 bridgehead atoms. The Morgan fingerprint density at radius 3 is 2.58 bits per heavy atom. The largest absolute Gasteiger partial charge is 0.465 e. The van der Waals surface area contributed by atoms with Crippen LogP contribution in [0.4, 0.5) is 10.6 Å². The highest BCUT2D eigenvalue weighted by Gasteiger charge is 2.43. The molecule has 144 valence electrons. The van der Waals surface area contributed by atoms with Gasteiger partial charge in [-0.25, -0.2) is 14.8 Å². The van der Waals surface area contributed by atoms with E-state index < -0.39 is 6.09 Å². The van der Waals surface area contributed by atoms with Crippen LogP contribution in [0.3, 0.4) is 0 Å². The minimum atomic E-state index is -0.937. The molecule has 2 aliphatic heterocycles. The molecule has 1 saturated heterocycles. The maximum Gasteiger partial charge on any atom is 0.407 e. The second-order valence-corrected chi connectivity index (χ2v) is 8.60. The van der Waals surface area contributed by atoms with Crippen molar-refractivity contribution in [3.8, 4) is 0 Å². The Balaban J connectivity index is 2.20. The molecule has 3 atom stereocenters. The van der Waals surface area contributed by atoms with Crippen LogP contribution in [0.5, 0.6) is 0 Å². The van der Waals surface area contributed by atoms with Gasteiger partial charge in [0.2, 0.25) is 5.28 Å². The number of fused-ring (bicyclic) bond motifs is 1. The molecule has 0 aromatic carbocycles. The summed E-state index contributed by atoms with van der Waals surface area (Å²) in [6.45, 7) is 12.8. The predicted octanol–water partition coefficient (Wildman–Crippen LogP) is 3.54. The van der Waals surface area contributed by atoms with Gasteiger partial charge < -0.3 is 14.7 Å². The Hall–Kier alpha value is -1.60. The van der Waals surface area contributed by atoms with E-state index in [1.165, 1.54) is 4.90 Å². The Kier molecular flexibility index (Phi) is 5.05. The normalized spacial score (nSPS) is 26.6. The topological polar surface area (TPSA) is 78.8 Å². The van der Waals surface area contributed by atoms with Gasteiger partial charge >= 0.3 is 6.09 Å². The number of nitrogens with zero attached hydrogens (tertiary/aromatic N) is 4. The van der Waals surface area contributed by atoms with Crippen LogP contribution < -0.4 is 4.90 Å². The molecule has 2 aliphatic rings. The molecule has 3 rings (SSSR count). The minimum absolute atomic E-state index is 0.0212. The first kappa shape index (κ1) is 19.2. The second kappa shape index (κ2) is 6.85. The number of amides is 1. The maximum atomic E-state index is 11.8. The summed E-state index contributed by atoms with van der Waals surface area (Å²) in [6, 6.07) is -0.191. The van der Waals surface area contributed by atoms with Crippen LogP contribution in [-0.4, -0.2) is 58.4 Å². The summed E-state index contributed by atoms with van der Waals surface area (Å²) < 4.78 is 5.57. The third-order valence-corrected chi connectivity index (χ3v) is 5.62. The number of carboxylic acid groups (broad SMARTS) is 1. The summed E-state index contributed by atoms with van der Waals surface area (Å²) in [5.74, 6) is 0.805. The van der Waals surface area contributed by atoms with E-state index in [2.05, 4.69) is 42.6 Å². The fourth-order valence-electron chi connectivity index (χ4n) is 3.90. The van der Waals surface area contributed by atoms with E-state index in [-0.39, 0.29) is 28.7 Å². The van der Waals surface area contributed by atoms with E-state index in [9.17, 15) is 9.90 Å². The van der Waals surface area contributed by atoms with Gasteiger partial charge in [0.05, 0.1) is 31.0 Å². The van der Waals surface area contributed by atoms with Gasteiger partial charge in [-0.15, -0.1) is 0 Å². The number of halogens is 1. The van der Waals surface area contributed by atoms with Crippen molar-refractivity contribution in [2.24, 2.45) is 5.41 Å². The fraction of sp³-hybridized carbons (Fsp3) is 0.722. The van der Waals surface area contributed by atoms with E-state index >= 15 is 0 Å². The summed E-state index contributed by atoms with van der Waals surface area (Å²) in [4.78, 5) is 24.5. The molecule has 0 saturated carbocycles. The molecule has 1 fully saturated rings. The van der Waals surface area contributed by atoms with Crippen molar-refractivity contribution in [2.45, 2.75) is 52.6 Å². The third-order valence-electron chi connectivity index (χ3n) is 5.45. The van der Waals surface area contributed by atoms with Gasteiger partial charge in [0.25, 0.3) is 0 Å². The smallest absolute Gasteiger partial charge is 0.407 e. The van der Waals surface area contributed by atoms with Gasteiger partial charge in [0.15, 0.2) is 0 Å². The van der Waals surface area contributed by atoms with Crippen LogP contribution in [0.2, 0.25) is 5.28 Å². The number of aromatic nitrogens is 2. The molecule has 0 spiro atoms. The first-order chi connectivity index (χ1) is 12.1. The van der Waals surface area contributed by atoms with Gasteiger partial charge in [0.1, 0.15) is 5.82 Å². The molecule has 1 aromatic rings. The van der Waals surface area contributed by atoms with Gasteiger partial charge in [-0.05, 0) is 30.9 Å². The average Bonchev–Trinajstić information content (AvgIpc) is 2.54. The SMILES string of the molecule is CC1c2nc(Cl)nc(N3CCOCC3C)c2C(C(C)(C)C)CN1C(=O)O. The summed E-state index contributed by atoms with van der Waals surface area (Å²) in [5, 5.41) is 9.83. The molecular formula is C18H27ClN4O3. The zero-order valence-electron chi connectivity index (χ0n) is 16.0. The highest BCUT2D eigenvalue weighted by atomic mass is 35.5. The molecule has 1 amide bonds. The Morgan fingerprint density at radius 2 is 2.00 bits per heavy atom. The molecule has 8 heteroatoms. The molecule has 0 aliphatic carbocycles. The first-order valence-electron chi connectivity index (χ1n) is 9.02. The first-order valence-corrected chi connectivity index (χ1v) is 9.40. The molecule has 1 N–H and O–H groups in total. The quantitative estimate of drug-likeness (QED) is 0.748. The van der Waals surface area contributed by atoms with Crippen molar-refractivity contribution in [2.75, 3.05) is 31.2 Å². The van der Waals surface area contributed by atoms with Gasteiger partial charge in [-0.2, -0.15) is 0 Å². The van der Waals surface area contributed by atoms with Crippen molar-refractivity contribution >= 4 is 23.5 Å². The van der Waals surface area contributed by atoms with E-state index in [1.54, 1.807) is 0 Å². The van der Waals surface area contributed by atoms with Crippen molar-refractivity contribution in [1.82, 2.24) is 14.9 Å². The summed E-state index contributed by atoms with van der Waals surface area (Å²) >= 11 is 6.26. The van der Waals surface area contributed by atoms with Gasteiger partial charge in [-0.3, -0.25) is 4.90 Å². The summed E-state index contributed by atoms with van der Waals surface area (Å²) in [5.41, 5.74) is 1.59. The van der Waals surface area contributed by atoms with Crippen LogP contribution in [0.15, 0.2) is 0 Å². The standard InChI is InChI=1S/C18H27ClN4O3/c1-10-9-26-7-6-22(10)15-13-12(18(3,4)5)8-23(17(24)25)11(2)14(13)20-16(19)21-15/h10-12H,6-9H2,1-5H3,(H,24,25). The predicted molar refractivity (Wildman–Crippen MR) is 100 cm³/mol. The molecule has 3 heterocycles. The van der Waals surface area contributed by atoms with Crippen molar-refractivity contribution in [3.63, 3.8) is 0 Å². The van der Waals surface area contributed by atoms with Crippen LogP contribution in [0.1, 0.15) is 57.8 Å². The Bertz CT molecular complexity index is 706. The maximum absolute atomic E-state index is 11.8. The zero-order chi connectivity index (χ0) is 19.2. The molecule has 26 heavy (non-hydrogen) atoms. The van der Waals surface area contributed by atoms with E-state index in [1.807, 2.05) is 6.92 Å². The Labute approximate surface area is 159 Å². The summed E-state index contributed by atoms with van der Waals surface area (Å²) in [7, 11) is 0. The lowest BCUT2D eigenvalue weighted by Crippen LogP contribution is -2.48. The van der Waals surface area contributed by atoms with Crippen molar-refractivity contribution in [3.05, 3.63) is 16.5 Å². The van der Waals surface area contributed by atoms with Crippen molar-refractivity contribution < 1.29 is 14.6 Å². The number of rotatable bonds is 1. The average molecular weight is 383 g/mol. The highest BCUT2D eigenvalue weighted by Crippen LogP contribution is 2.47. The monoisotopic (exact) mass is 382 g/mol.